The average molecular weight is 1010 g/mol. The van der Waals surface area contributed by atoms with Gasteiger partial charge in [-0.15, -0.1) is 0 Å². The quantitative estimate of drug-likeness (QED) is 0.0644. The molecule has 0 heterocycles. The number of halogens is 5. The van der Waals surface area contributed by atoms with E-state index in [1.165, 1.54) is 0 Å². The molecule has 7 nitrogen and oxygen atoms in total. The van der Waals surface area contributed by atoms with Crippen molar-refractivity contribution in [3.05, 3.63) is 211 Å². The Balaban J connectivity index is 0.000000184. The minimum Gasteiger partial charge on any atom is -0.299 e. The lowest BCUT2D eigenvalue weighted by molar-refractivity contribution is -0.128. The van der Waals surface area contributed by atoms with Gasteiger partial charge < -0.3 is 0 Å². The number of rotatable bonds is 13. The van der Waals surface area contributed by atoms with Crippen molar-refractivity contribution < 1.29 is 50.8 Å². The van der Waals surface area contributed by atoms with Gasteiger partial charge >= 0.3 is 10.1 Å². The van der Waals surface area contributed by atoms with Crippen molar-refractivity contribution in [3.63, 3.8) is 0 Å². The van der Waals surface area contributed by atoms with E-state index >= 15 is 0 Å². The number of carbonyl (C=O) groups is 1. The third kappa shape index (κ3) is 8.60. The summed E-state index contributed by atoms with van der Waals surface area (Å²) in [6.45, 7) is 4.10. The van der Waals surface area contributed by atoms with Gasteiger partial charge in [0.2, 0.25) is 5.82 Å². The zero-order valence-corrected chi connectivity index (χ0v) is 39.9. The maximum absolute atomic E-state index is 14.5. The molecule has 16 heteroatoms. The first-order valence-electron chi connectivity index (χ1n) is 21.3. The Morgan fingerprint density at radius 2 is 0.765 bits per heavy atom. The van der Waals surface area contributed by atoms with E-state index in [4.69, 9.17) is 7.26 Å². The van der Waals surface area contributed by atoms with Crippen molar-refractivity contribution >= 4 is 46.6 Å². The Kier molecular flexibility index (Phi) is 13.7. The van der Waals surface area contributed by atoms with Crippen LogP contribution in [0, 0.1) is 45.8 Å². The molecule has 2 bridgehead atoms. The Hall–Kier alpha value is -5.62. The molecule has 0 amide bonds. The number of hydrogen-bond donors (Lipinski definition) is 0. The van der Waals surface area contributed by atoms with Gasteiger partial charge in [0.1, 0.15) is 5.78 Å². The Bertz CT molecular complexity index is 2930. The predicted molar refractivity (Wildman–Crippen MR) is 251 cm³/mol. The van der Waals surface area contributed by atoms with Gasteiger partial charge in [-0.1, -0.05) is 123 Å². The lowest BCUT2D eigenvalue weighted by Crippen LogP contribution is -2.42. The lowest BCUT2D eigenvalue weighted by atomic mass is 9.70. The van der Waals surface area contributed by atoms with Crippen LogP contribution in [0.3, 0.4) is 0 Å². The van der Waals surface area contributed by atoms with Gasteiger partial charge in [0.05, 0.1) is 11.2 Å². The first-order chi connectivity index (χ1) is 32.4. The number of benzene rings is 7. The van der Waals surface area contributed by atoms with Gasteiger partial charge in [0.15, 0.2) is 28.2 Å². The molecule has 0 spiro atoms. The van der Waals surface area contributed by atoms with Crippen molar-refractivity contribution in [3.8, 4) is 0 Å². The van der Waals surface area contributed by atoms with Gasteiger partial charge in [0.25, 0.3) is 10.1 Å². The van der Waals surface area contributed by atoms with E-state index in [-0.39, 0.29) is 22.9 Å². The summed E-state index contributed by atoms with van der Waals surface area (Å²) >= 11 is 0. The SMILES string of the molecule is CC1(C)C2CCC1(CS(=O)(=O)OS(c1ccccc1)(c1ccccc1)c1ccccc1)C(=O)C2.O=S(=O)(OS(c1ccccc1)(c1ccccc1)c1ccccc1)c1c(F)c(F)c(F)c(F)c1F. The molecule has 2 unspecified atom stereocenters. The highest BCUT2D eigenvalue weighted by Gasteiger charge is 2.66. The van der Waals surface area contributed by atoms with Crippen LogP contribution in [0.25, 0.3) is 0 Å². The van der Waals surface area contributed by atoms with Crippen molar-refractivity contribution in [1.29, 1.82) is 0 Å². The third-order valence-electron chi connectivity index (χ3n) is 12.8. The fraction of sp³-hybridized carbons (Fsp3) is 0.173. The summed E-state index contributed by atoms with van der Waals surface area (Å²) in [5, 5.41) is 0. The Morgan fingerprint density at radius 1 is 0.471 bits per heavy atom. The molecule has 9 rings (SSSR count). The van der Waals surface area contributed by atoms with Crippen molar-refractivity contribution in [2.24, 2.45) is 16.7 Å². The van der Waals surface area contributed by atoms with Crippen LogP contribution in [0.1, 0.15) is 33.1 Å². The minimum atomic E-state index is -5.55. The second-order valence-electron chi connectivity index (χ2n) is 16.8. The van der Waals surface area contributed by atoms with E-state index in [0.717, 1.165) is 21.1 Å². The summed E-state index contributed by atoms with van der Waals surface area (Å²) in [6.07, 6.45) is 1.97. The van der Waals surface area contributed by atoms with Crippen LogP contribution in [0.15, 0.2) is 216 Å². The molecule has 2 saturated carbocycles. The number of carbonyl (C=O) groups excluding carboxylic acids is 1. The first kappa shape index (κ1) is 48.8. The standard InChI is InChI=1S/C28H30O4S2.C24H15F5O3S2/c1-27(2)22-18-19-28(27,26(29)20-22)21-33(30,31)32-34(23-12-6-3-7-13-23,24-14-8-4-9-15-24)25-16-10-5-11-17-25;25-19-20(26)22(28)24(23(29)21(19)27)34(30,31)32-33(16-10-4-1-5-11-16,17-12-6-2-7-13-17)18-14-8-3-9-15-18/h3-17,22H,18-21H2,1-2H3;1-15H. The molecule has 0 radical (unpaired) electrons. The maximum atomic E-state index is 14.5. The second-order valence-corrected chi connectivity index (χ2v) is 25.7. The van der Waals surface area contributed by atoms with Crippen LogP contribution < -0.4 is 0 Å². The molecule has 2 atom stereocenters. The van der Waals surface area contributed by atoms with E-state index < -0.39 is 80.3 Å². The fourth-order valence-corrected chi connectivity index (χ4v) is 20.7. The molecule has 7 aromatic carbocycles. The second kappa shape index (κ2) is 19.1. The molecule has 0 aromatic heterocycles. The number of Topliss-reactive ketones (excluding diaryl/α,β-unsaturated/α-hetero) is 1. The Morgan fingerprint density at radius 3 is 1.04 bits per heavy atom. The third-order valence-corrected chi connectivity index (χ3v) is 23.3. The molecule has 0 N–H and O–H groups in total. The van der Waals surface area contributed by atoms with Crippen LogP contribution >= 0.6 is 20.6 Å². The predicted octanol–water partition coefficient (Wildman–Crippen LogP) is 13.6. The van der Waals surface area contributed by atoms with E-state index in [1.54, 1.807) is 91.0 Å². The minimum absolute atomic E-state index is 0.0701. The summed E-state index contributed by atoms with van der Waals surface area (Å²) in [4.78, 5) is 14.4. The highest BCUT2D eigenvalue weighted by molar-refractivity contribution is 8.33. The molecule has 68 heavy (non-hydrogen) atoms. The molecule has 0 aliphatic heterocycles. The van der Waals surface area contributed by atoms with Crippen LogP contribution in [-0.2, 0) is 32.3 Å². The molecule has 2 fully saturated rings. The van der Waals surface area contributed by atoms with Crippen molar-refractivity contribution in [2.75, 3.05) is 5.75 Å². The molecule has 0 saturated heterocycles. The van der Waals surface area contributed by atoms with Crippen LogP contribution in [0.5, 0.6) is 0 Å². The van der Waals surface area contributed by atoms with Gasteiger partial charge in [-0.3, -0.25) is 4.79 Å². The topological polar surface area (TPSA) is 104 Å². The van der Waals surface area contributed by atoms with Crippen molar-refractivity contribution in [1.82, 2.24) is 0 Å². The molecular weight excluding hydrogens is 960 g/mol. The fourth-order valence-electron chi connectivity index (χ4n) is 9.29. The van der Waals surface area contributed by atoms with E-state index in [1.807, 2.05) is 91.0 Å². The summed E-state index contributed by atoms with van der Waals surface area (Å²) in [6, 6.07) is 52.8. The molecule has 354 valence electrons. The summed E-state index contributed by atoms with van der Waals surface area (Å²) < 4.78 is 137. The lowest BCUT2D eigenvalue weighted by Gasteiger charge is -2.41. The Labute approximate surface area is 396 Å². The van der Waals surface area contributed by atoms with Crippen LogP contribution in [-0.4, -0.2) is 28.4 Å². The van der Waals surface area contributed by atoms with Gasteiger partial charge in [-0.2, -0.15) is 16.8 Å². The normalized spacial score (nSPS) is 18.4. The number of hydrogen-bond acceptors (Lipinski definition) is 7. The summed E-state index contributed by atoms with van der Waals surface area (Å²) in [7, 11) is -15.5. The number of ketones is 1. The smallest absolute Gasteiger partial charge is 0.299 e. The monoisotopic (exact) mass is 1000 g/mol. The van der Waals surface area contributed by atoms with E-state index in [9.17, 15) is 43.6 Å². The average Bonchev–Trinajstić information content (AvgIpc) is 3.70. The summed E-state index contributed by atoms with van der Waals surface area (Å²) in [5.74, 6) is -12.2. The summed E-state index contributed by atoms with van der Waals surface area (Å²) in [5.41, 5.74) is -1.24. The van der Waals surface area contributed by atoms with Gasteiger partial charge in [-0.05, 0) is 118 Å². The number of fused-ring (bicyclic) bond motifs is 2. The van der Waals surface area contributed by atoms with Crippen molar-refractivity contribution in [2.45, 2.75) is 67.4 Å². The van der Waals surface area contributed by atoms with Gasteiger partial charge in [0, 0.05) is 35.8 Å². The maximum Gasteiger partial charge on any atom is 0.313 e. The van der Waals surface area contributed by atoms with Crippen LogP contribution in [0.2, 0.25) is 0 Å². The van der Waals surface area contributed by atoms with E-state index in [2.05, 4.69) is 13.8 Å². The van der Waals surface area contributed by atoms with Crippen LogP contribution in [0.4, 0.5) is 22.0 Å². The molecular formula is C52H45F5O7S4. The largest absolute Gasteiger partial charge is 0.313 e. The molecule has 7 aromatic rings. The zero-order valence-electron chi connectivity index (χ0n) is 36.6. The highest BCUT2D eigenvalue weighted by Crippen LogP contribution is 2.72. The molecule has 2 aliphatic carbocycles. The molecule has 2 aliphatic rings. The highest BCUT2D eigenvalue weighted by atomic mass is 32.3. The van der Waals surface area contributed by atoms with E-state index in [0.29, 0.717) is 27.5 Å². The zero-order chi connectivity index (χ0) is 48.5. The first-order valence-corrected chi connectivity index (χ1v) is 27.4. The van der Waals surface area contributed by atoms with Gasteiger partial charge in [-0.25, -0.2) is 29.2 Å².